The van der Waals surface area contributed by atoms with E-state index in [1.54, 1.807) is 19.9 Å². The van der Waals surface area contributed by atoms with E-state index < -0.39 is 0 Å². The van der Waals surface area contributed by atoms with Gasteiger partial charge in [-0.25, -0.2) is 4.39 Å². The number of benzene rings is 1. The first-order valence-corrected chi connectivity index (χ1v) is 9.74. The number of hydrogen-bond donors (Lipinski definition) is 1. The van der Waals surface area contributed by atoms with Crippen molar-refractivity contribution in [3.63, 3.8) is 0 Å². The Hall–Kier alpha value is -2.70. The summed E-state index contributed by atoms with van der Waals surface area (Å²) in [6.45, 7) is 3.90. The van der Waals surface area contributed by atoms with Gasteiger partial charge in [0, 0.05) is 18.9 Å². The minimum absolute atomic E-state index is 0.0114. The average molecular weight is 385 g/mol. The number of rotatable bonds is 2. The lowest BCUT2D eigenvalue weighted by Gasteiger charge is -2.31. The van der Waals surface area contributed by atoms with E-state index in [-0.39, 0.29) is 35.6 Å². The third-order valence-corrected chi connectivity index (χ3v) is 5.91. The smallest absolute Gasteiger partial charge is 0.259 e. The number of carbonyl (C=O) groups is 2. The van der Waals surface area contributed by atoms with Crippen LogP contribution >= 0.6 is 0 Å². The van der Waals surface area contributed by atoms with Gasteiger partial charge in [-0.3, -0.25) is 9.59 Å². The third-order valence-electron chi connectivity index (χ3n) is 5.91. The summed E-state index contributed by atoms with van der Waals surface area (Å²) in [5.41, 5.74) is 1.83. The molecule has 0 saturated carbocycles. The first-order chi connectivity index (χ1) is 13.5. The summed E-state index contributed by atoms with van der Waals surface area (Å²) in [4.78, 5) is 27.5. The molecule has 28 heavy (non-hydrogen) atoms. The van der Waals surface area contributed by atoms with Crippen molar-refractivity contribution in [2.24, 2.45) is 0 Å². The van der Waals surface area contributed by atoms with Gasteiger partial charge in [-0.05, 0) is 44.4 Å². The van der Waals surface area contributed by atoms with Crippen LogP contribution in [0.15, 0.2) is 28.8 Å². The number of nitrogens with zero attached hydrogens (tertiary/aromatic N) is 2. The molecular weight excluding hydrogens is 361 g/mol. The number of amides is 2. The minimum atomic E-state index is -0.318. The van der Waals surface area contributed by atoms with Gasteiger partial charge in [0.1, 0.15) is 17.1 Å². The summed E-state index contributed by atoms with van der Waals surface area (Å²) in [5.74, 6) is -0.139. The standard InChI is InChI=1S/C21H24FN3O3/c1-12-19(13(2)28-24-12)21(27)25-11-16(14-6-5-7-15(22)10-14)20-17(25)8-3-4-9-18(26)23-20/h5-7,10,16-17,20H,3-4,8-9,11H2,1-2H3,(H,23,26)/t16-,17+,20-/m0/s1. The maximum Gasteiger partial charge on any atom is 0.259 e. The van der Waals surface area contributed by atoms with Crippen molar-refractivity contribution in [1.82, 2.24) is 15.4 Å². The SMILES string of the molecule is Cc1noc(C)c1C(=O)N1C[C@@H](c2cccc(F)c2)[C@@H]2NC(=O)CCCC[C@H]21. The van der Waals surface area contributed by atoms with E-state index in [4.69, 9.17) is 4.52 Å². The van der Waals surface area contributed by atoms with Gasteiger partial charge >= 0.3 is 0 Å². The topological polar surface area (TPSA) is 75.4 Å². The minimum Gasteiger partial charge on any atom is -0.361 e. The Morgan fingerprint density at radius 3 is 2.86 bits per heavy atom. The maximum atomic E-state index is 13.9. The van der Waals surface area contributed by atoms with Crippen molar-refractivity contribution in [3.8, 4) is 0 Å². The van der Waals surface area contributed by atoms with E-state index >= 15 is 0 Å². The fourth-order valence-electron chi connectivity index (χ4n) is 4.57. The van der Waals surface area contributed by atoms with Crippen LogP contribution in [0.2, 0.25) is 0 Å². The summed E-state index contributed by atoms with van der Waals surface area (Å²) in [7, 11) is 0. The van der Waals surface area contributed by atoms with E-state index in [1.807, 2.05) is 11.0 Å². The van der Waals surface area contributed by atoms with Crippen molar-refractivity contribution in [2.75, 3.05) is 6.54 Å². The first-order valence-electron chi connectivity index (χ1n) is 9.74. The zero-order valence-corrected chi connectivity index (χ0v) is 16.1. The summed E-state index contributed by atoms with van der Waals surface area (Å²) < 4.78 is 19.0. The molecule has 0 radical (unpaired) electrons. The molecule has 2 saturated heterocycles. The lowest BCUT2D eigenvalue weighted by Crippen LogP contribution is -2.49. The Morgan fingerprint density at radius 1 is 1.32 bits per heavy atom. The van der Waals surface area contributed by atoms with Gasteiger partial charge in [0.25, 0.3) is 5.91 Å². The number of aryl methyl sites for hydroxylation is 2. The summed E-state index contributed by atoms with van der Waals surface area (Å²) >= 11 is 0. The second kappa shape index (κ2) is 7.37. The number of fused-ring (bicyclic) bond motifs is 1. The van der Waals surface area contributed by atoms with Crippen molar-refractivity contribution < 1.29 is 18.5 Å². The number of carbonyl (C=O) groups excluding carboxylic acids is 2. The van der Waals surface area contributed by atoms with Crippen molar-refractivity contribution in [1.29, 1.82) is 0 Å². The molecule has 2 aliphatic heterocycles. The fraction of sp³-hybridized carbons (Fsp3) is 0.476. The number of halogens is 1. The van der Waals surface area contributed by atoms with Gasteiger partial charge in [-0.2, -0.15) is 0 Å². The predicted octanol–water partition coefficient (Wildman–Crippen LogP) is 3.10. The van der Waals surface area contributed by atoms with E-state index in [2.05, 4.69) is 10.5 Å². The molecule has 2 fully saturated rings. The predicted molar refractivity (Wildman–Crippen MR) is 100 cm³/mol. The molecule has 4 rings (SSSR count). The van der Waals surface area contributed by atoms with E-state index in [9.17, 15) is 14.0 Å². The molecule has 3 atom stereocenters. The Bertz CT molecular complexity index is 891. The lowest BCUT2D eigenvalue weighted by molar-refractivity contribution is -0.122. The highest BCUT2D eigenvalue weighted by Gasteiger charge is 2.46. The van der Waals surface area contributed by atoms with Gasteiger partial charge in [0.05, 0.1) is 17.8 Å². The Balaban J connectivity index is 1.72. The van der Waals surface area contributed by atoms with Crippen LogP contribution in [-0.4, -0.2) is 40.5 Å². The van der Waals surface area contributed by atoms with Crippen LogP contribution in [0, 0.1) is 19.7 Å². The maximum absolute atomic E-state index is 13.9. The second-order valence-electron chi connectivity index (χ2n) is 7.72. The fourth-order valence-corrected chi connectivity index (χ4v) is 4.57. The first kappa shape index (κ1) is 18.7. The molecule has 2 aromatic rings. The normalized spacial score (nSPS) is 25.0. The zero-order valence-electron chi connectivity index (χ0n) is 16.1. The molecule has 1 aromatic heterocycles. The second-order valence-corrected chi connectivity index (χ2v) is 7.72. The van der Waals surface area contributed by atoms with Crippen molar-refractivity contribution in [3.05, 3.63) is 52.7 Å². The highest BCUT2D eigenvalue weighted by molar-refractivity contribution is 5.96. The number of likely N-dealkylation sites (tertiary alicyclic amines) is 1. The van der Waals surface area contributed by atoms with Crippen LogP contribution in [0.4, 0.5) is 4.39 Å². The molecule has 7 heteroatoms. The van der Waals surface area contributed by atoms with E-state index in [1.165, 1.54) is 12.1 Å². The highest BCUT2D eigenvalue weighted by atomic mass is 19.1. The van der Waals surface area contributed by atoms with Crippen LogP contribution in [0.25, 0.3) is 0 Å². The van der Waals surface area contributed by atoms with Crippen LogP contribution < -0.4 is 5.32 Å². The van der Waals surface area contributed by atoms with E-state index in [0.717, 1.165) is 24.8 Å². The van der Waals surface area contributed by atoms with Crippen LogP contribution in [0.1, 0.15) is 59.0 Å². The largest absolute Gasteiger partial charge is 0.361 e. The van der Waals surface area contributed by atoms with Crippen molar-refractivity contribution in [2.45, 2.75) is 57.5 Å². The zero-order chi connectivity index (χ0) is 19.8. The molecule has 148 valence electrons. The number of aromatic nitrogens is 1. The quantitative estimate of drug-likeness (QED) is 0.862. The molecule has 6 nitrogen and oxygen atoms in total. The molecular formula is C21H24FN3O3. The van der Waals surface area contributed by atoms with Crippen LogP contribution in [-0.2, 0) is 4.79 Å². The Kier molecular flexibility index (Phi) is 4.91. The number of nitrogens with one attached hydrogen (secondary N) is 1. The van der Waals surface area contributed by atoms with Gasteiger partial charge in [0.2, 0.25) is 5.91 Å². The average Bonchev–Trinajstić information content (AvgIpc) is 3.16. The van der Waals surface area contributed by atoms with Gasteiger partial charge < -0.3 is 14.7 Å². The van der Waals surface area contributed by atoms with Crippen molar-refractivity contribution >= 4 is 11.8 Å². The molecule has 1 N–H and O–H groups in total. The molecule has 1 aromatic carbocycles. The Morgan fingerprint density at radius 2 is 2.14 bits per heavy atom. The summed E-state index contributed by atoms with van der Waals surface area (Å²) in [6.07, 6.45) is 2.95. The molecule has 2 amide bonds. The number of hydrogen-bond acceptors (Lipinski definition) is 4. The molecule has 0 spiro atoms. The monoisotopic (exact) mass is 385 g/mol. The summed E-state index contributed by atoms with van der Waals surface area (Å²) in [5, 5.41) is 7.02. The Labute approximate surface area is 163 Å². The van der Waals surface area contributed by atoms with Gasteiger partial charge in [-0.15, -0.1) is 0 Å². The van der Waals surface area contributed by atoms with Gasteiger partial charge in [-0.1, -0.05) is 23.7 Å². The van der Waals surface area contributed by atoms with Crippen LogP contribution in [0.3, 0.4) is 0 Å². The molecule has 3 heterocycles. The third kappa shape index (κ3) is 3.30. The molecule has 0 bridgehead atoms. The van der Waals surface area contributed by atoms with E-state index in [0.29, 0.717) is 30.0 Å². The molecule has 0 aliphatic carbocycles. The summed E-state index contributed by atoms with van der Waals surface area (Å²) in [6, 6.07) is 6.05. The highest BCUT2D eigenvalue weighted by Crippen LogP contribution is 2.37. The lowest BCUT2D eigenvalue weighted by atomic mass is 9.88. The molecule has 2 aliphatic rings. The molecule has 0 unspecified atom stereocenters. The van der Waals surface area contributed by atoms with Crippen LogP contribution in [0.5, 0.6) is 0 Å². The van der Waals surface area contributed by atoms with Gasteiger partial charge in [0.15, 0.2) is 0 Å².